The second kappa shape index (κ2) is 10.1. The van der Waals surface area contributed by atoms with E-state index in [1.54, 1.807) is 12.1 Å². The van der Waals surface area contributed by atoms with E-state index >= 15 is 0 Å². The summed E-state index contributed by atoms with van der Waals surface area (Å²) in [6.45, 7) is 9.89. The van der Waals surface area contributed by atoms with Crippen LogP contribution in [0.3, 0.4) is 0 Å². The maximum absolute atomic E-state index is 12.2. The lowest BCUT2D eigenvalue weighted by atomic mass is 9.87. The zero-order valence-electron chi connectivity index (χ0n) is 18.3. The van der Waals surface area contributed by atoms with Crippen LogP contribution < -0.4 is 10.6 Å². The van der Waals surface area contributed by atoms with Gasteiger partial charge in [0.15, 0.2) is 6.61 Å². The number of nitrogens with one attached hydrogen (secondary N) is 2. The number of rotatable bonds is 7. The molecule has 30 heavy (non-hydrogen) atoms. The normalized spacial score (nSPS) is 11.0. The number of aryl methyl sites for hydroxylation is 2. The Bertz CT molecular complexity index is 892. The van der Waals surface area contributed by atoms with Crippen LogP contribution in [-0.2, 0) is 19.7 Å². The highest BCUT2D eigenvalue weighted by Crippen LogP contribution is 2.22. The number of ether oxygens (including phenoxy) is 1. The molecule has 2 amide bonds. The third-order valence-electron chi connectivity index (χ3n) is 4.74. The van der Waals surface area contributed by atoms with E-state index < -0.39 is 11.9 Å². The van der Waals surface area contributed by atoms with E-state index in [1.165, 1.54) is 0 Å². The maximum Gasteiger partial charge on any atom is 0.308 e. The first-order valence-electron chi connectivity index (χ1n) is 9.98. The van der Waals surface area contributed by atoms with Crippen molar-refractivity contribution in [3.05, 3.63) is 64.7 Å². The van der Waals surface area contributed by atoms with Gasteiger partial charge in [0.2, 0.25) is 0 Å². The Morgan fingerprint density at radius 1 is 0.933 bits per heavy atom. The second-order valence-corrected chi connectivity index (χ2v) is 8.31. The summed E-state index contributed by atoms with van der Waals surface area (Å²) in [5, 5.41) is 5.45. The van der Waals surface area contributed by atoms with Crippen molar-refractivity contribution in [3.8, 4) is 0 Å². The molecule has 0 heterocycles. The van der Waals surface area contributed by atoms with Crippen LogP contribution in [0.1, 0.15) is 54.2 Å². The van der Waals surface area contributed by atoms with Crippen LogP contribution >= 0.6 is 0 Å². The summed E-state index contributed by atoms with van der Waals surface area (Å²) in [4.78, 5) is 36.1. The van der Waals surface area contributed by atoms with Gasteiger partial charge in [-0.2, -0.15) is 0 Å². The number of hydrogen-bond acceptors (Lipinski definition) is 4. The number of anilines is 1. The molecule has 0 fully saturated rings. The molecular formula is C24H30N2O4. The van der Waals surface area contributed by atoms with Gasteiger partial charge < -0.3 is 15.4 Å². The number of amides is 2. The molecule has 0 atom stereocenters. The van der Waals surface area contributed by atoms with Crippen molar-refractivity contribution in [2.24, 2.45) is 0 Å². The van der Waals surface area contributed by atoms with Gasteiger partial charge >= 0.3 is 5.97 Å². The van der Waals surface area contributed by atoms with E-state index in [0.29, 0.717) is 5.56 Å². The molecule has 6 nitrogen and oxygen atoms in total. The lowest BCUT2D eigenvalue weighted by Gasteiger charge is -2.19. The van der Waals surface area contributed by atoms with Gasteiger partial charge in [-0.25, -0.2) is 0 Å². The zero-order valence-corrected chi connectivity index (χ0v) is 18.3. The molecule has 2 rings (SSSR count). The summed E-state index contributed by atoms with van der Waals surface area (Å²) >= 11 is 0. The minimum absolute atomic E-state index is 0.0114. The molecule has 0 spiro atoms. The summed E-state index contributed by atoms with van der Waals surface area (Å²) in [6, 6.07) is 13.1. The van der Waals surface area contributed by atoms with E-state index in [2.05, 4.69) is 31.4 Å². The first-order valence-corrected chi connectivity index (χ1v) is 9.98. The third kappa shape index (κ3) is 6.72. The molecule has 0 aliphatic carbocycles. The summed E-state index contributed by atoms with van der Waals surface area (Å²) in [5.41, 5.74) is 4.29. The van der Waals surface area contributed by atoms with Gasteiger partial charge in [0.25, 0.3) is 11.8 Å². The van der Waals surface area contributed by atoms with Crippen molar-refractivity contribution in [2.45, 2.75) is 46.5 Å². The van der Waals surface area contributed by atoms with E-state index in [4.69, 9.17) is 4.74 Å². The lowest BCUT2D eigenvalue weighted by Crippen LogP contribution is -2.28. The largest absolute Gasteiger partial charge is 0.456 e. The summed E-state index contributed by atoms with van der Waals surface area (Å²) in [6.07, 6.45) is -0.0114. The highest BCUT2D eigenvalue weighted by molar-refractivity contribution is 5.95. The fraction of sp³-hybridized carbons (Fsp3) is 0.375. The van der Waals surface area contributed by atoms with Crippen molar-refractivity contribution in [2.75, 3.05) is 18.5 Å². The quantitative estimate of drug-likeness (QED) is 0.678. The number of esters is 1. The minimum atomic E-state index is -0.546. The fourth-order valence-corrected chi connectivity index (χ4v) is 2.91. The Hall–Kier alpha value is -3.15. The van der Waals surface area contributed by atoms with E-state index in [0.717, 1.165) is 22.4 Å². The van der Waals surface area contributed by atoms with Crippen molar-refractivity contribution in [1.29, 1.82) is 0 Å². The maximum atomic E-state index is 12.2. The Morgan fingerprint density at radius 3 is 2.10 bits per heavy atom. The molecule has 0 saturated carbocycles. The predicted molar refractivity (Wildman–Crippen MR) is 118 cm³/mol. The molecule has 0 aliphatic rings. The Morgan fingerprint density at radius 2 is 1.53 bits per heavy atom. The molecule has 0 saturated heterocycles. The van der Waals surface area contributed by atoms with Crippen LogP contribution in [0.4, 0.5) is 5.69 Å². The standard InChI is InChI=1S/C24H30N2O4/c1-16-7-6-8-17(2)22(16)26-20(27)15-30-21(28)13-14-25-23(29)18-9-11-19(12-10-18)24(3,4)5/h6-12H,13-15H2,1-5H3,(H,25,29)(H,26,27). The van der Waals surface area contributed by atoms with Crippen LogP contribution in [0, 0.1) is 13.8 Å². The van der Waals surface area contributed by atoms with Crippen LogP contribution in [0.2, 0.25) is 0 Å². The van der Waals surface area contributed by atoms with Gasteiger partial charge in [0.05, 0.1) is 6.42 Å². The molecular weight excluding hydrogens is 380 g/mol. The summed E-state index contributed by atoms with van der Waals surface area (Å²) in [7, 11) is 0. The molecule has 160 valence electrons. The predicted octanol–water partition coefficient (Wildman–Crippen LogP) is 3.90. The highest BCUT2D eigenvalue weighted by atomic mass is 16.5. The number of para-hydroxylation sites is 1. The summed E-state index contributed by atoms with van der Waals surface area (Å²) in [5.74, 6) is -1.20. The molecule has 0 radical (unpaired) electrons. The highest BCUT2D eigenvalue weighted by Gasteiger charge is 2.15. The first-order chi connectivity index (χ1) is 14.1. The van der Waals surface area contributed by atoms with Gasteiger partial charge in [-0.15, -0.1) is 0 Å². The molecule has 2 N–H and O–H groups in total. The molecule has 0 aliphatic heterocycles. The van der Waals surface area contributed by atoms with Crippen molar-refractivity contribution in [3.63, 3.8) is 0 Å². The number of benzene rings is 2. The average molecular weight is 411 g/mol. The second-order valence-electron chi connectivity index (χ2n) is 8.31. The molecule has 0 bridgehead atoms. The van der Waals surface area contributed by atoms with Crippen molar-refractivity contribution >= 4 is 23.5 Å². The fourth-order valence-electron chi connectivity index (χ4n) is 2.91. The zero-order chi connectivity index (χ0) is 22.3. The smallest absolute Gasteiger partial charge is 0.308 e. The number of carbonyl (C=O) groups is 3. The minimum Gasteiger partial charge on any atom is -0.456 e. The van der Waals surface area contributed by atoms with Crippen molar-refractivity contribution in [1.82, 2.24) is 5.32 Å². The third-order valence-corrected chi connectivity index (χ3v) is 4.74. The van der Waals surface area contributed by atoms with Gasteiger partial charge in [-0.05, 0) is 48.1 Å². The Balaban J connectivity index is 1.73. The number of carbonyl (C=O) groups excluding carboxylic acids is 3. The van der Waals surface area contributed by atoms with Crippen LogP contribution in [-0.4, -0.2) is 30.9 Å². The Kier molecular flexibility index (Phi) is 7.75. The van der Waals surface area contributed by atoms with E-state index in [9.17, 15) is 14.4 Å². The monoisotopic (exact) mass is 410 g/mol. The molecule has 6 heteroatoms. The van der Waals surface area contributed by atoms with E-state index in [1.807, 2.05) is 44.2 Å². The van der Waals surface area contributed by atoms with Gasteiger partial charge in [-0.3, -0.25) is 14.4 Å². The average Bonchev–Trinajstić information content (AvgIpc) is 2.68. The SMILES string of the molecule is Cc1cccc(C)c1NC(=O)COC(=O)CCNC(=O)c1ccc(C(C)(C)C)cc1. The molecule has 0 aromatic heterocycles. The summed E-state index contributed by atoms with van der Waals surface area (Å²) < 4.78 is 4.99. The van der Waals surface area contributed by atoms with Gasteiger partial charge in [-0.1, -0.05) is 51.1 Å². The van der Waals surface area contributed by atoms with Crippen LogP contribution in [0.25, 0.3) is 0 Å². The molecule has 0 unspecified atom stereocenters. The Labute approximate surface area is 178 Å². The molecule has 2 aromatic rings. The topological polar surface area (TPSA) is 84.5 Å². The first kappa shape index (κ1) is 23.1. The lowest BCUT2D eigenvalue weighted by molar-refractivity contribution is -0.147. The molecule has 2 aromatic carbocycles. The van der Waals surface area contributed by atoms with Crippen molar-refractivity contribution < 1.29 is 19.1 Å². The van der Waals surface area contributed by atoms with Gasteiger partial charge in [0, 0.05) is 17.8 Å². The van der Waals surface area contributed by atoms with Crippen LogP contribution in [0.15, 0.2) is 42.5 Å². The van der Waals surface area contributed by atoms with Gasteiger partial charge in [0.1, 0.15) is 0 Å². The van der Waals surface area contributed by atoms with Crippen LogP contribution in [0.5, 0.6) is 0 Å². The number of hydrogen-bond donors (Lipinski definition) is 2. The van der Waals surface area contributed by atoms with E-state index in [-0.39, 0.29) is 30.9 Å².